The highest BCUT2D eigenvalue weighted by Crippen LogP contribution is 2.22. The molecule has 0 unspecified atom stereocenters. The smallest absolute Gasteiger partial charge is 0.322 e. The van der Waals surface area contributed by atoms with E-state index in [0.717, 1.165) is 18.4 Å². The molecule has 0 spiro atoms. The molecule has 132 valence electrons. The molecule has 0 bridgehead atoms. The third kappa shape index (κ3) is 3.67. The van der Waals surface area contributed by atoms with Gasteiger partial charge in [-0.15, -0.1) is 5.10 Å². The molecule has 1 amide bonds. The Morgan fingerprint density at radius 1 is 1.04 bits per heavy atom. The summed E-state index contributed by atoms with van der Waals surface area (Å²) in [5, 5.41) is 10.7. The van der Waals surface area contributed by atoms with E-state index < -0.39 is 0 Å². The highest BCUT2D eigenvalue weighted by molar-refractivity contribution is 6.03. The van der Waals surface area contributed by atoms with E-state index in [9.17, 15) is 4.79 Å². The Morgan fingerprint density at radius 2 is 1.81 bits per heavy atom. The topological polar surface area (TPSA) is 68.0 Å². The molecule has 4 rings (SSSR count). The van der Waals surface area contributed by atoms with E-state index in [4.69, 9.17) is 4.42 Å². The fourth-order valence-electron chi connectivity index (χ4n) is 3.30. The van der Waals surface area contributed by atoms with Crippen molar-refractivity contribution in [2.75, 3.05) is 5.32 Å². The number of nitrogens with one attached hydrogen (secondary N) is 1. The Kier molecular flexibility index (Phi) is 4.52. The zero-order valence-electron chi connectivity index (χ0n) is 14.8. The summed E-state index contributed by atoms with van der Waals surface area (Å²) in [5.74, 6) is 0.263. The molecular weight excluding hydrogens is 326 g/mol. The summed E-state index contributed by atoms with van der Waals surface area (Å²) in [4.78, 5) is 12.5. The van der Waals surface area contributed by atoms with Crippen molar-refractivity contribution >= 4 is 11.9 Å². The maximum atomic E-state index is 12.5. The summed E-state index contributed by atoms with van der Waals surface area (Å²) in [7, 11) is 0. The van der Waals surface area contributed by atoms with Crippen molar-refractivity contribution in [3.8, 4) is 0 Å². The molecule has 1 N–H and O–H groups in total. The average molecular weight is 347 g/mol. The minimum Gasteiger partial charge on any atom is -0.407 e. The number of amides is 1. The number of hydrogen-bond acceptors (Lipinski definition) is 4. The molecular formula is C21H21N3O2. The lowest BCUT2D eigenvalue weighted by atomic mass is 9.90. The van der Waals surface area contributed by atoms with E-state index in [1.54, 1.807) is 0 Å². The van der Waals surface area contributed by atoms with Gasteiger partial charge in [-0.1, -0.05) is 41.0 Å². The van der Waals surface area contributed by atoms with Crippen LogP contribution in [0.4, 0.5) is 6.01 Å². The first-order valence-corrected chi connectivity index (χ1v) is 8.98. The van der Waals surface area contributed by atoms with Crippen molar-refractivity contribution < 1.29 is 9.21 Å². The first-order chi connectivity index (χ1) is 12.7. The van der Waals surface area contributed by atoms with Crippen LogP contribution in [0.1, 0.15) is 51.3 Å². The van der Waals surface area contributed by atoms with Gasteiger partial charge in [-0.05, 0) is 61.4 Å². The molecule has 5 nitrogen and oxygen atoms in total. The summed E-state index contributed by atoms with van der Waals surface area (Å²) in [5.41, 5.74) is 5.55. The normalized spacial score (nSPS) is 13.3. The SMILES string of the molecule is Cc1ccc(Cc2nnc(NC(=O)c3ccc4c(c3)CCCC4)o2)cc1. The van der Waals surface area contributed by atoms with E-state index in [1.165, 1.54) is 29.5 Å². The molecule has 0 fully saturated rings. The van der Waals surface area contributed by atoms with Crippen LogP contribution in [0.3, 0.4) is 0 Å². The van der Waals surface area contributed by atoms with Gasteiger partial charge in [0, 0.05) is 5.56 Å². The quantitative estimate of drug-likeness (QED) is 0.771. The molecule has 3 aromatic rings. The van der Waals surface area contributed by atoms with E-state index in [2.05, 4.69) is 21.6 Å². The number of hydrogen-bond donors (Lipinski definition) is 1. The van der Waals surface area contributed by atoms with Crippen molar-refractivity contribution in [2.24, 2.45) is 0 Å². The number of aromatic nitrogens is 2. The van der Waals surface area contributed by atoms with Gasteiger partial charge in [-0.25, -0.2) is 0 Å². The monoisotopic (exact) mass is 347 g/mol. The Morgan fingerprint density at radius 3 is 2.62 bits per heavy atom. The maximum Gasteiger partial charge on any atom is 0.322 e. The van der Waals surface area contributed by atoms with Crippen molar-refractivity contribution in [3.05, 3.63) is 76.2 Å². The van der Waals surface area contributed by atoms with Crippen LogP contribution in [0.5, 0.6) is 0 Å². The third-order valence-corrected chi connectivity index (χ3v) is 4.77. The van der Waals surface area contributed by atoms with Crippen LogP contribution >= 0.6 is 0 Å². The molecule has 0 atom stereocenters. The Balaban J connectivity index is 1.43. The summed E-state index contributed by atoms with van der Waals surface area (Å²) < 4.78 is 5.57. The van der Waals surface area contributed by atoms with E-state index >= 15 is 0 Å². The highest BCUT2D eigenvalue weighted by atomic mass is 16.4. The molecule has 1 aliphatic carbocycles. The summed E-state index contributed by atoms with van der Waals surface area (Å²) in [6, 6.07) is 14.2. The largest absolute Gasteiger partial charge is 0.407 e. The minimum atomic E-state index is -0.219. The second kappa shape index (κ2) is 7.12. The number of benzene rings is 2. The number of anilines is 1. The zero-order chi connectivity index (χ0) is 17.9. The van der Waals surface area contributed by atoms with Gasteiger partial charge in [0.25, 0.3) is 5.91 Å². The number of aryl methyl sites for hydroxylation is 3. The second-order valence-corrected chi connectivity index (χ2v) is 6.81. The Hall–Kier alpha value is -2.95. The van der Waals surface area contributed by atoms with Crippen LogP contribution in [-0.4, -0.2) is 16.1 Å². The molecule has 2 aromatic carbocycles. The van der Waals surface area contributed by atoms with Crippen molar-refractivity contribution in [1.82, 2.24) is 10.2 Å². The van der Waals surface area contributed by atoms with Gasteiger partial charge in [-0.2, -0.15) is 0 Å². The van der Waals surface area contributed by atoms with Crippen LogP contribution in [0, 0.1) is 6.92 Å². The second-order valence-electron chi connectivity index (χ2n) is 6.81. The lowest BCUT2D eigenvalue weighted by Crippen LogP contribution is -2.13. The molecule has 1 heterocycles. The van der Waals surface area contributed by atoms with Gasteiger partial charge in [0.2, 0.25) is 5.89 Å². The number of carbonyl (C=O) groups is 1. The van der Waals surface area contributed by atoms with Crippen molar-refractivity contribution in [1.29, 1.82) is 0 Å². The number of carbonyl (C=O) groups excluding carboxylic acids is 1. The molecule has 5 heteroatoms. The first-order valence-electron chi connectivity index (χ1n) is 8.98. The predicted octanol–water partition coefficient (Wildman–Crippen LogP) is 4.10. The van der Waals surface area contributed by atoms with E-state index in [0.29, 0.717) is 17.9 Å². The zero-order valence-corrected chi connectivity index (χ0v) is 14.8. The molecule has 0 radical (unpaired) electrons. The van der Waals surface area contributed by atoms with Crippen LogP contribution in [-0.2, 0) is 19.3 Å². The van der Waals surface area contributed by atoms with E-state index in [1.807, 2.05) is 43.3 Å². The van der Waals surface area contributed by atoms with Gasteiger partial charge < -0.3 is 4.42 Å². The fraction of sp³-hybridized carbons (Fsp3) is 0.286. The van der Waals surface area contributed by atoms with Crippen LogP contribution in [0.25, 0.3) is 0 Å². The Bertz CT molecular complexity index is 929. The summed E-state index contributed by atoms with van der Waals surface area (Å²) >= 11 is 0. The van der Waals surface area contributed by atoms with Crippen molar-refractivity contribution in [3.63, 3.8) is 0 Å². The molecule has 1 aromatic heterocycles. The maximum absolute atomic E-state index is 12.5. The molecule has 0 saturated heterocycles. The third-order valence-electron chi connectivity index (χ3n) is 4.77. The molecule has 1 aliphatic rings. The lowest BCUT2D eigenvalue weighted by Gasteiger charge is -2.16. The van der Waals surface area contributed by atoms with Crippen molar-refractivity contribution in [2.45, 2.75) is 39.0 Å². The predicted molar refractivity (Wildman–Crippen MR) is 99.3 cm³/mol. The van der Waals surface area contributed by atoms with Gasteiger partial charge in [-0.3, -0.25) is 10.1 Å². The standard InChI is InChI=1S/C21H21N3O2/c1-14-6-8-15(9-7-14)12-19-23-24-21(26-19)22-20(25)18-11-10-16-4-2-3-5-17(16)13-18/h6-11,13H,2-5,12H2,1H3,(H,22,24,25). The molecule has 26 heavy (non-hydrogen) atoms. The van der Waals surface area contributed by atoms with Gasteiger partial charge in [0.1, 0.15) is 0 Å². The number of fused-ring (bicyclic) bond motifs is 1. The van der Waals surface area contributed by atoms with Crippen LogP contribution in [0.2, 0.25) is 0 Å². The van der Waals surface area contributed by atoms with Crippen LogP contribution < -0.4 is 5.32 Å². The first kappa shape index (κ1) is 16.5. The van der Waals surface area contributed by atoms with Gasteiger partial charge >= 0.3 is 6.01 Å². The number of rotatable bonds is 4. The highest BCUT2D eigenvalue weighted by Gasteiger charge is 2.15. The van der Waals surface area contributed by atoms with Gasteiger partial charge in [0.15, 0.2) is 0 Å². The van der Waals surface area contributed by atoms with Gasteiger partial charge in [0.05, 0.1) is 6.42 Å². The lowest BCUT2D eigenvalue weighted by molar-refractivity contribution is 0.102. The molecule has 0 aliphatic heterocycles. The number of nitrogens with zero attached hydrogens (tertiary/aromatic N) is 2. The Labute approximate surface area is 152 Å². The fourth-order valence-corrected chi connectivity index (χ4v) is 3.30. The van der Waals surface area contributed by atoms with E-state index in [-0.39, 0.29) is 11.9 Å². The summed E-state index contributed by atoms with van der Waals surface area (Å²) in [6.07, 6.45) is 5.09. The minimum absolute atomic E-state index is 0.134. The average Bonchev–Trinajstić information content (AvgIpc) is 3.10. The molecule has 0 saturated carbocycles. The van der Waals surface area contributed by atoms with Crippen LogP contribution in [0.15, 0.2) is 46.9 Å². The summed E-state index contributed by atoms with van der Waals surface area (Å²) in [6.45, 7) is 2.05.